The first-order valence-corrected chi connectivity index (χ1v) is 9.41. The highest BCUT2D eigenvalue weighted by atomic mass is 32.1. The molecule has 0 radical (unpaired) electrons. The average Bonchev–Trinajstić information content (AvgIpc) is 3.30. The molecule has 4 rings (SSSR count). The van der Waals surface area contributed by atoms with Gasteiger partial charge in [-0.2, -0.15) is 42.7 Å². The maximum atomic E-state index is 13.0. The van der Waals surface area contributed by atoms with Gasteiger partial charge in [0.1, 0.15) is 0 Å². The summed E-state index contributed by atoms with van der Waals surface area (Å²) in [6, 6.07) is 2.63. The predicted molar refractivity (Wildman–Crippen MR) is 92.7 cm³/mol. The highest BCUT2D eigenvalue weighted by Gasteiger charge is 2.40. The topological polar surface area (TPSA) is 59.2 Å². The van der Waals surface area contributed by atoms with Crippen LogP contribution in [-0.2, 0) is 12.4 Å². The van der Waals surface area contributed by atoms with Crippen LogP contribution in [0.15, 0.2) is 39.5 Å². The van der Waals surface area contributed by atoms with Gasteiger partial charge in [-0.1, -0.05) is 5.16 Å². The van der Waals surface area contributed by atoms with Crippen molar-refractivity contribution in [2.45, 2.75) is 18.3 Å². The van der Waals surface area contributed by atoms with Crippen molar-refractivity contribution in [2.75, 3.05) is 13.1 Å². The van der Waals surface area contributed by atoms with Crippen molar-refractivity contribution in [1.82, 2.24) is 15.0 Å². The van der Waals surface area contributed by atoms with Crippen LogP contribution in [0.1, 0.15) is 33.3 Å². The molecule has 3 aromatic rings. The third-order valence-electron chi connectivity index (χ3n) is 4.57. The highest BCUT2D eigenvalue weighted by Crippen LogP contribution is 2.37. The van der Waals surface area contributed by atoms with Gasteiger partial charge in [-0.05, 0) is 29.6 Å². The zero-order valence-corrected chi connectivity index (χ0v) is 15.6. The van der Waals surface area contributed by atoms with Gasteiger partial charge >= 0.3 is 12.4 Å². The standard InChI is InChI=1S/C18H11F6N3O2S/c19-17(20,21)12-3-10(4-13(5-12)18(22,23)24)16(28)27-6-11(7-27)15-25-14(26-29-15)9-1-2-30-8-9/h1-5,8,11H,6-7H2. The first-order chi connectivity index (χ1) is 14.0. The van der Waals surface area contributed by atoms with Crippen LogP contribution in [-0.4, -0.2) is 34.0 Å². The molecule has 30 heavy (non-hydrogen) atoms. The smallest absolute Gasteiger partial charge is 0.339 e. The van der Waals surface area contributed by atoms with Crippen molar-refractivity contribution in [1.29, 1.82) is 0 Å². The van der Waals surface area contributed by atoms with Gasteiger partial charge in [-0.15, -0.1) is 0 Å². The van der Waals surface area contributed by atoms with Gasteiger partial charge in [0.05, 0.1) is 17.0 Å². The Morgan fingerprint density at radius 1 is 1.07 bits per heavy atom. The number of thiophene rings is 1. The van der Waals surface area contributed by atoms with E-state index in [9.17, 15) is 31.1 Å². The minimum Gasteiger partial charge on any atom is -0.339 e. The van der Waals surface area contributed by atoms with Crippen LogP contribution in [0.25, 0.3) is 11.4 Å². The predicted octanol–water partition coefficient (Wildman–Crippen LogP) is 5.08. The third-order valence-corrected chi connectivity index (χ3v) is 5.26. The van der Waals surface area contributed by atoms with Gasteiger partial charge in [0.25, 0.3) is 5.91 Å². The molecule has 0 atom stereocenters. The van der Waals surface area contributed by atoms with E-state index in [4.69, 9.17) is 4.52 Å². The summed E-state index contributed by atoms with van der Waals surface area (Å²) in [6.45, 7) is 0.0867. The summed E-state index contributed by atoms with van der Waals surface area (Å²) >= 11 is 1.44. The lowest BCUT2D eigenvalue weighted by Crippen LogP contribution is -2.48. The fourth-order valence-corrected chi connectivity index (χ4v) is 3.61. The summed E-state index contributed by atoms with van der Waals surface area (Å²) in [6.07, 6.45) is -10.0. The van der Waals surface area contributed by atoms with Crippen molar-refractivity contribution >= 4 is 17.2 Å². The lowest BCUT2D eigenvalue weighted by molar-refractivity contribution is -0.143. The Balaban J connectivity index is 1.51. The van der Waals surface area contributed by atoms with Crippen molar-refractivity contribution in [3.8, 4) is 11.4 Å². The van der Waals surface area contributed by atoms with Gasteiger partial charge < -0.3 is 9.42 Å². The molecule has 1 saturated heterocycles. The average molecular weight is 447 g/mol. The zero-order valence-electron chi connectivity index (χ0n) is 14.8. The van der Waals surface area contributed by atoms with E-state index >= 15 is 0 Å². The van der Waals surface area contributed by atoms with Gasteiger partial charge in [-0.25, -0.2) is 0 Å². The SMILES string of the molecule is O=C(c1cc(C(F)(F)F)cc(C(F)(F)F)c1)N1CC(c2nc(-c3ccsc3)no2)C1. The number of likely N-dealkylation sites (tertiary alicyclic amines) is 1. The van der Waals surface area contributed by atoms with Crippen molar-refractivity contribution < 1.29 is 35.7 Å². The molecule has 0 N–H and O–H groups in total. The van der Waals surface area contributed by atoms with Crippen LogP contribution in [0, 0.1) is 0 Å². The molecule has 158 valence electrons. The second-order valence-electron chi connectivity index (χ2n) is 6.67. The van der Waals surface area contributed by atoms with E-state index in [1.165, 1.54) is 11.3 Å². The molecule has 0 unspecified atom stereocenters. The van der Waals surface area contributed by atoms with Crippen LogP contribution in [0.4, 0.5) is 26.3 Å². The molecule has 2 aromatic heterocycles. The molecular formula is C18H11F6N3O2S. The summed E-state index contributed by atoms with van der Waals surface area (Å²) < 4.78 is 83.0. The van der Waals surface area contributed by atoms with Gasteiger partial charge in [0.2, 0.25) is 11.7 Å². The maximum Gasteiger partial charge on any atom is 0.416 e. The lowest BCUT2D eigenvalue weighted by Gasteiger charge is -2.37. The molecule has 1 fully saturated rings. The Labute approximate surface area is 168 Å². The summed E-state index contributed by atoms with van der Waals surface area (Å²) in [4.78, 5) is 17.8. The number of aromatic nitrogens is 2. The van der Waals surface area contributed by atoms with E-state index in [2.05, 4.69) is 10.1 Å². The molecule has 0 saturated carbocycles. The first-order valence-electron chi connectivity index (χ1n) is 8.47. The second-order valence-corrected chi connectivity index (χ2v) is 7.45. The minimum atomic E-state index is -5.02. The number of alkyl halides is 6. The van der Waals surface area contributed by atoms with E-state index in [0.29, 0.717) is 18.0 Å². The highest BCUT2D eigenvalue weighted by molar-refractivity contribution is 7.08. The van der Waals surface area contributed by atoms with Crippen molar-refractivity contribution in [3.63, 3.8) is 0 Å². The Kier molecular flexibility index (Phi) is 4.83. The molecule has 3 heterocycles. The molecule has 5 nitrogen and oxygen atoms in total. The molecule has 12 heteroatoms. The number of hydrogen-bond donors (Lipinski definition) is 0. The summed E-state index contributed by atoms with van der Waals surface area (Å²) in [5.41, 5.74) is -2.99. The van der Waals surface area contributed by atoms with Crippen LogP contribution >= 0.6 is 11.3 Å². The minimum absolute atomic E-state index is 0.0138. The lowest BCUT2D eigenvalue weighted by atomic mass is 9.97. The molecule has 1 amide bonds. The maximum absolute atomic E-state index is 13.0. The first kappa shape index (κ1) is 20.4. The van der Waals surface area contributed by atoms with Crippen molar-refractivity contribution in [3.05, 3.63) is 57.6 Å². The summed E-state index contributed by atoms with van der Waals surface area (Å²) in [7, 11) is 0. The second kappa shape index (κ2) is 7.11. The third kappa shape index (κ3) is 3.91. The normalized spacial score (nSPS) is 15.3. The van der Waals surface area contributed by atoms with E-state index in [-0.39, 0.29) is 31.0 Å². The van der Waals surface area contributed by atoms with Crippen LogP contribution in [0.5, 0.6) is 0 Å². The molecule has 1 aliphatic heterocycles. The quantitative estimate of drug-likeness (QED) is 0.526. The molecule has 1 aromatic carbocycles. The zero-order chi connectivity index (χ0) is 21.7. The fraction of sp³-hybridized carbons (Fsp3) is 0.278. The van der Waals surface area contributed by atoms with Gasteiger partial charge in [0, 0.05) is 29.6 Å². The van der Waals surface area contributed by atoms with E-state index in [1.54, 1.807) is 6.07 Å². The molecular weight excluding hydrogens is 436 g/mol. The molecule has 0 bridgehead atoms. The number of rotatable bonds is 3. The summed E-state index contributed by atoms with van der Waals surface area (Å²) in [5.74, 6) is -0.661. The van der Waals surface area contributed by atoms with Crippen molar-refractivity contribution in [2.24, 2.45) is 0 Å². The molecule has 1 aliphatic rings. The van der Waals surface area contributed by atoms with E-state index < -0.39 is 35.0 Å². The number of carbonyl (C=O) groups is 1. The van der Waals surface area contributed by atoms with Gasteiger partial charge in [-0.3, -0.25) is 4.79 Å². The summed E-state index contributed by atoms with van der Waals surface area (Å²) in [5, 5.41) is 7.48. The van der Waals surface area contributed by atoms with E-state index in [0.717, 1.165) is 10.5 Å². The molecule has 0 spiro atoms. The Bertz CT molecular complexity index is 1040. The number of nitrogens with zero attached hydrogens (tertiary/aromatic N) is 3. The van der Waals surface area contributed by atoms with Crippen LogP contribution in [0.3, 0.4) is 0 Å². The Morgan fingerprint density at radius 2 is 1.70 bits per heavy atom. The number of hydrogen-bond acceptors (Lipinski definition) is 5. The van der Waals surface area contributed by atoms with Crippen LogP contribution < -0.4 is 0 Å². The number of amides is 1. The monoisotopic (exact) mass is 447 g/mol. The number of benzene rings is 1. The Hall–Kier alpha value is -2.89. The van der Waals surface area contributed by atoms with Crippen LogP contribution in [0.2, 0.25) is 0 Å². The number of halogens is 6. The van der Waals surface area contributed by atoms with E-state index in [1.807, 2.05) is 10.8 Å². The fourth-order valence-electron chi connectivity index (χ4n) is 2.97. The number of carbonyl (C=O) groups excluding carboxylic acids is 1. The largest absolute Gasteiger partial charge is 0.416 e. The molecule has 0 aliphatic carbocycles. The van der Waals surface area contributed by atoms with Gasteiger partial charge in [0.15, 0.2) is 0 Å². The Morgan fingerprint density at radius 3 is 2.23 bits per heavy atom.